The molecule has 0 bridgehead atoms. The smallest absolute Gasteiger partial charge is 0.410 e. The average Bonchev–Trinajstić information content (AvgIpc) is 2.14. The lowest BCUT2D eigenvalue weighted by atomic mass is 10.0. The van der Waals surface area contributed by atoms with Crippen molar-refractivity contribution in [1.82, 2.24) is 9.80 Å². The Labute approximate surface area is 105 Å². The molecular weight excluding hydrogens is 216 g/mol. The van der Waals surface area contributed by atoms with E-state index in [1.807, 2.05) is 25.7 Å². The highest BCUT2D eigenvalue weighted by Gasteiger charge is 2.31. The van der Waals surface area contributed by atoms with Gasteiger partial charge in [0.05, 0.1) is 0 Å². The molecule has 4 heteroatoms. The number of carbonyl (C=O) groups excluding carboxylic acids is 1. The molecule has 4 nitrogen and oxygen atoms in total. The van der Waals surface area contributed by atoms with Crippen LogP contribution in [0.3, 0.4) is 0 Å². The van der Waals surface area contributed by atoms with E-state index in [1.54, 1.807) is 0 Å². The number of amides is 1. The Hall–Kier alpha value is -0.770. The molecule has 100 valence electrons. The number of rotatable bonds is 1. The Balaban J connectivity index is 2.59. The van der Waals surface area contributed by atoms with Crippen molar-refractivity contribution in [2.75, 3.05) is 26.7 Å². The number of ether oxygens (including phenoxy) is 1. The quantitative estimate of drug-likeness (QED) is 0.706. The van der Waals surface area contributed by atoms with Gasteiger partial charge in [0.1, 0.15) is 5.60 Å². The normalized spacial score (nSPS) is 23.0. The molecule has 1 saturated heterocycles. The molecule has 1 aliphatic rings. The Morgan fingerprint density at radius 2 is 1.88 bits per heavy atom. The van der Waals surface area contributed by atoms with Gasteiger partial charge in [-0.1, -0.05) is 13.8 Å². The molecule has 0 saturated carbocycles. The molecule has 1 unspecified atom stereocenters. The highest BCUT2D eigenvalue weighted by Crippen LogP contribution is 2.18. The molecule has 17 heavy (non-hydrogen) atoms. The summed E-state index contributed by atoms with van der Waals surface area (Å²) in [7, 11) is 2.12. The standard InChI is InChI=1S/C13H26N2O2/c1-10(2)11-9-15(8-7-14(11)6)12(16)17-13(3,4)5/h10-11H,7-9H2,1-6H3. The fraction of sp³-hybridized carbons (Fsp3) is 0.923. The van der Waals surface area contributed by atoms with Gasteiger partial charge in [-0.25, -0.2) is 4.79 Å². The minimum Gasteiger partial charge on any atom is -0.444 e. The summed E-state index contributed by atoms with van der Waals surface area (Å²) in [6, 6.07) is 0.427. The summed E-state index contributed by atoms with van der Waals surface area (Å²) in [5, 5.41) is 0. The maximum absolute atomic E-state index is 12.0. The summed E-state index contributed by atoms with van der Waals surface area (Å²) in [6.07, 6.45) is -0.184. The Kier molecular flexibility index (Phi) is 4.42. The third kappa shape index (κ3) is 4.19. The van der Waals surface area contributed by atoms with E-state index in [-0.39, 0.29) is 6.09 Å². The molecule has 1 amide bonds. The monoisotopic (exact) mass is 242 g/mol. The van der Waals surface area contributed by atoms with Gasteiger partial charge in [0, 0.05) is 25.7 Å². The van der Waals surface area contributed by atoms with Crippen molar-refractivity contribution in [3.63, 3.8) is 0 Å². The number of hydrogen-bond donors (Lipinski definition) is 0. The first-order valence-electron chi connectivity index (χ1n) is 6.39. The Morgan fingerprint density at radius 1 is 1.29 bits per heavy atom. The minimum atomic E-state index is -0.409. The molecule has 0 aromatic heterocycles. The molecule has 1 heterocycles. The highest BCUT2D eigenvalue weighted by atomic mass is 16.6. The van der Waals surface area contributed by atoms with Gasteiger partial charge in [-0.15, -0.1) is 0 Å². The fourth-order valence-corrected chi connectivity index (χ4v) is 2.11. The molecule has 0 spiro atoms. The van der Waals surface area contributed by atoms with Crippen LogP contribution in [0.1, 0.15) is 34.6 Å². The van der Waals surface area contributed by atoms with E-state index in [1.165, 1.54) is 0 Å². The summed E-state index contributed by atoms with van der Waals surface area (Å²) in [5.41, 5.74) is -0.409. The molecule has 0 aromatic carbocycles. The van der Waals surface area contributed by atoms with Crippen molar-refractivity contribution in [2.45, 2.75) is 46.3 Å². The van der Waals surface area contributed by atoms with Crippen LogP contribution in [0.5, 0.6) is 0 Å². The van der Waals surface area contributed by atoms with E-state index in [9.17, 15) is 4.79 Å². The summed E-state index contributed by atoms with van der Waals surface area (Å²) in [4.78, 5) is 16.1. The number of piperazine rings is 1. The molecule has 1 fully saturated rings. The Morgan fingerprint density at radius 3 is 2.35 bits per heavy atom. The van der Waals surface area contributed by atoms with Gasteiger partial charge in [0.15, 0.2) is 0 Å². The van der Waals surface area contributed by atoms with E-state index >= 15 is 0 Å². The van der Waals surface area contributed by atoms with E-state index < -0.39 is 5.60 Å². The van der Waals surface area contributed by atoms with Crippen molar-refractivity contribution >= 4 is 6.09 Å². The van der Waals surface area contributed by atoms with Crippen molar-refractivity contribution in [1.29, 1.82) is 0 Å². The maximum Gasteiger partial charge on any atom is 0.410 e. The van der Waals surface area contributed by atoms with Crippen LogP contribution in [0.15, 0.2) is 0 Å². The summed E-state index contributed by atoms with van der Waals surface area (Å²) in [6.45, 7) is 12.5. The van der Waals surface area contributed by atoms with Crippen molar-refractivity contribution in [3.8, 4) is 0 Å². The SMILES string of the molecule is CC(C)C1CN(C(=O)OC(C)(C)C)CCN1C. The van der Waals surface area contributed by atoms with Gasteiger partial charge in [0.2, 0.25) is 0 Å². The van der Waals surface area contributed by atoms with Gasteiger partial charge in [0.25, 0.3) is 0 Å². The van der Waals surface area contributed by atoms with E-state index in [4.69, 9.17) is 4.74 Å². The molecule has 0 N–H and O–H groups in total. The van der Waals surface area contributed by atoms with Crippen LogP contribution in [-0.4, -0.2) is 54.2 Å². The summed E-state index contributed by atoms with van der Waals surface area (Å²) >= 11 is 0. The van der Waals surface area contributed by atoms with E-state index in [0.29, 0.717) is 12.0 Å². The second kappa shape index (κ2) is 5.25. The first-order chi connectivity index (χ1) is 7.70. The number of carbonyl (C=O) groups is 1. The number of hydrogen-bond acceptors (Lipinski definition) is 3. The molecule has 1 aliphatic heterocycles. The van der Waals surface area contributed by atoms with Crippen LogP contribution >= 0.6 is 0 Å². The van der Waals surface area contributed by atoms with Gasteiger partial charge in [-0.05, 0) is 33.7 Å². The second-order valence-corrected chi connectivity index (χ2v) is 6.22. The zero-order chi connectivity index (χ0) is 13.2. The molecular formula is C13H26N2O2. The zero-order valence-electron chi connectivity index (χ0n) is 12.0. The van der Waals surface area contributed by atoms with E-state index in [0.717, 1.165) is 19.6 Å². The fourth-order valence-electron chi connectivity index (χ4n) is 2.11. The van der Waals surface area contributed by atoms with Crippen LogP contribution < -0.4 is 0 Å². The molecule has 1 rings (SSSR count). The lowest BCUT2D eigenvalue weighted by molar-refractivity contribution is 0.00260. The lowest BCUT2D eigenvalue weighted by Gasteiger charge is -2.41. The predicted molar refractivity (Wildman–Crippen MR) is 69.1 cm³/mol. The average molecular weight is 242 g/mol. The van der Waals surface area contributed by atoms with Gasteiger partial charge < -0.3 is 9.64 Å². The third-order valence-corrected chi connectivity index (χ3v) is 3.12. The zero-order valence-corrected chi connectivity index (χ0v) is 12.0. The van der Waals surface area contributed by atoms with Gasteiger partial charge in [-0.3, -0.25) is 4.90 Å². The predicted octanol–water partition coefficient (Wildman–Crippen LogP) is 2.19. The number of nitrogens with zero attached hydrogens (tertiary/aromatic N) is 2. The van der Waals surface area contributed by atoms with Crippen LogP contribution in [0.4, 0.5) is 4.79 Å². The lowest BCUT2D eigenvalue weighted by Crippen LogP contribution is -2.55. The first kappa shape index (κ1) is 14.3. The molecule has 0 aliphatic carbocycles. The van der Waals surface area contributed by atoms with Crippen LogP contribution in [-0.2, 0) is 4.74 Å². The van der Waals surface area contributed by atoms with Gasteiger partial charge in [-0.2, -0.15) is 0 Å². The molecule has 0 radical (unpaired) electrons. The number of likely N-dealkylation sites (N-methyl/N-ethyl adjacent to an activating group) is 1. The first-order valence-corrected chi connectivity index (χ1v) is 6.39. The van der Waals surface area contributed by atoms with Gasteiger partial charge >= 0.3 is 6.09 Å². The largest absolute Gasteiger partial charge is 0.444 e. The van der Waals surface area contributed by atoms with Crippen LogP contribution in [0.2, 0.25) is 0 Å². The van der Waals surface area contributed by atoms with Crippen molar-refractivity contribution in [2.24, 2.45) is 5.92 Å². The van der Waals surface area contributed by atoms with Crippen molar-refractivity contribution < 1.29 is 9.53 Å². The molecule has 0 aromatic rings. The molecule has 1 atom stereocenters. The highest BCUT2D eigenvalue weighted by molar-refractivity contribution is 5.68. The summed E-state index contributed by atoms with van der Waals surface area (Å²) < 4.78 is 5.41. The second-order valence-electron chi connectivity index (χ2n) is 6.22. The van der Waals surface area contributed by atoms with Crippen LogP contribution in [0.25, 0.3) is 0 Å². The third-order valence-electron chi connectivity index (χ3n) is 3.12. The Bertz CT molecular complexity index is 271. The van der Waals surface area contributed by atoms with Crippen molar-refractivity contribution in [3.05, 3.63) is 0 Å². The minimum absolute atomic E-state index is 0.184. The van der Waals surface area contributed by atoms with E-state index in [2.05, 4.69) is 25.8 Å². The summed E-state index contributed by atoms with van der Waals surface area (Å²) in [5.74, 6) is 0.547. The van der Waals surface area contributed by atoms with Crippen LogP contribution in [0, 0.1) is 5.92 Å². The maximum atomic E-state index is 12.0. The topological polar surface area (TPSA) is 32.8 Å².